The molecule has 0 spiro atoms. The molecule has 0 saturated carbocycles. The second-order valence-electron chi connectivity index (χ2n) is 6.93. The van der Waals surface area contributed by atoms with E-state index in [1.165, 1.54) is 4.68 Å². The average Bonchev–Trinajstić information content (AvgIpc) is 3.29. The van der Waals surface area contributed by atoms with E-state index in [2.05, 4.69) is 20.1 Å². The molecule has 3 heterocycles. The van der Waals surface area contributed by atoms with Crippen LogP contribution >= 0.6 is 11.6 Å². The molecule has 158 valence electrons. The standard InChI is InChI=1S/C21H20ClN7O2/c1-28-9-8-24-17(28)12-31-20(30)19-14(10-13-6-4-3-5-7-13)18(27-29(19)2)15-11-16(22)26-21(23)25-15/h3-9,11H,10,12H2,1-2H3,(H2,23,25,26). The summed E-state index contributed by atoms with van der Waals surface area (Å²) in [4.78, 5) is 25.4. The Morgan fingerprint density at radius 2 is 1.97 bits per heavy atom. The van der Waals surface area contributed by atoms with Crippen molar-refractivity contribution >= 4 is 23.5 Å². The quantitative estimate of drug-likeness (QED) is 0.364. The van der Waals surface area contributed by atoms with Crippen molar-refractivity contribution in [1.82, 2.24) is 29.3 Å². The Kier molecular flexibility index (Phi) is 5.68. The summed E-state index contributed by atoms with van der Waals surface area (Å²) >= 11 is 6.08. The molecular weight excluding hydrogens is 418 g/mol. The zero-order valence-electron chi connectivity index (χ0n) is 17.0. The maximum absolute atomic E-state index is 13.1. The molecule has 0 aliphatic heterocycles. The lowest BCUT2D eigenvalue weighted by Crippen LogP contribution is -2.14. The van der Waals surface area contributed by atoms with Gasteiger partial charge in [-0.15, -0.1) is 0 Å². The third kappa shape index (κ3) is 4.41. The SMILES string of the molecule is Cn1ccnc1COC(=O)c1c(Cc2ccccc2)c(-c2cc(Cl)nc(N)n2)nn1C. The van der Waals surface area contributed by atoms with Gasteiger partial charge in [0.2, 0.25) is 5.95 Å². The Morgan fingerprint density at radius 1 is 1.19 bits per heavy atom. The fourth-order valence-corrected chi connectivity index (χ4v) is 3.48. The number of carbonyl (C=O) groups is 1. The second kappa shape index (κ2) is 8.57. The van der Waals surface area contributed by atoms with Crippen molar-refractivity contribution in [1.29, 1.82) is 0 Å². The Labute approximate surface area is 183 Å². The topological polar surface area (TPSA) is 114 Å². The number of imidazole rings is 1. The molecule has 0 atom stereocenters. The molecule has 0 amide bonds. The molecule has 10 heteroatoms. The van der Waals surface area contributed by atoms with Crippen LogP contribution in [-0.4, -0.2) is 35.3 Å². The largest absolute Gasteiger partial charge is 0.453 e. The third-order valence-corrected chi connectivity index (χ3v) is 4.96. The lowest BCUT2D eigenvalue weighted by Gasteiger charge is -2.09. The molecule has 0 saturated heterocycles. The minimum atomic E-state index is -0.511. The number of aryl methyl sites for hydroxylation is 2. The highest BCUT2D eigenvalue weighted by molar-refractivity contribution is 6.29. The van der Waals surface area contributed by atoms with E-state index < -0.39 is 5.97 Å². The minimum absolute atomic E-state index is 0.0257. The lowest BCUT2D eigenvalue weighted by atomic mass is 10.0. The second-order valence-corrected chi connectivity index (χ2v) is 7.31. The van der Waals surface area contributed by atoms with Crippen LogP contribution in [0.25, 0.3) is 11.4 Å². The van der Waals surface area contributed by atoms with Gasteiger partial charge in [0.05, 0.1) is 5.69 Å². The smallest absolute Gasteiger partial charge is 0.357 e. The number of nitrogen functional groups attached to an aromatic ring is 1. The summed E-state index contributed by atoms with van der Waals surface area (Å²) in [5.41, 5.74) is 8.69. The van der Waals surface area contributed by atoms with E-state index in [0.29, 0.717) is 34.9 Å². The summed E-state index contributed by atoms with van der Waals surface area (Å²) in [5, 5.41) is 4.73. The van der Waals surface area contributed by atoms with Crippen molar-refractivity contribution < 1.29 is 9.53 Å². The molecule has 0 unspecified atom stereocenters. The van der Waals surface area contributed by atoms with E-state index in [1.54, 1.807) is 30.1 Å². The Hall–Kier alpha value is -3.72. The Balaban J connectivity index is 1.75. The number of esters is 1. The minimum Gasteiger partial charge on any atom is -0.453 e. The first-order valence-corrected chi connectivity index (χ1v) is 9.83. The highest BCUT2D eigenvalue weighted by Crippen LogP contribution is 2.28. The van der Waals surface area contributed by atoms with Gasteiger partial charge < -0.3 is 15.0 Å². The summed E-state index contributed by atoms with van der Waals surface area (Å²) in [6.07, 6.45) is 3.88. The van der Waals surface area contributed by atoms with Crippen molar-refractivity contribution in [2.24, 2.45) is 14.1 Å². The number of anilines is 1. The zero-order chi connectivity index (χ0) is 22.0. The van der Waals surface area contributed by atoms with Crippen molar-refractivity contribution in [2.45, 2.75) is 13.0 Å². The summed E-state index contributed by atoms with van der Waals surface area (Å²) in [6, 6.07) is 11.3. The molecule has 9 nitrogen and oxygen atoms in total. The van der Waals surface area contributed by atoms with Crippen LogP contribution in [0.1, 0.15) is 27.4 Å². The molecule has 3 aromatic heterocycles. The number of nitrogens with two attached hydrogens (primary N) is 1. The molecular formula is C21H20ClN7O2. The summed E-state index contributed by atoms with van der Waals surface area (Å²) in [7, 11) is 3.52. The van der Waals surface area contributed by atoms with Crippen LogP contribution in [-0.2, 0) is 31.9 Å². The number of rotatable bonds is 6. The molecule has 0 radical (unpaired) electrons. The van der Waals surface area contributed by atoms with E-state index in [1.807, 2.05) is 37.4 Å². The summed E-state index contributed by atoms with van der Waals surface area (Å²) in [6.45, 7) is 0.0416. The van der Waals surface area contributed by atoms with Crippen molar-refractivity contribution in [3.8, 4) is 11.4 Å². The molecule has 0 aliphatic rings. The van der Waals surface area contributed by atoms with Gasteiger partial charge >= 0.3 is 5.97 Å². The van der Waals surface area contributed by atoms with Crippen LogP contribution in [0.3, 0.4) is 0 Å². The summed E-state index contributed by atoms with van der Waals surface area (Å²) < 4.78 is 8.82. The van der Waals surface area contributed by atoms with Crippen LogP contribution in [0.15, 0.2) is 48.8 Å². The van der Waals surface area contributed by atoms with Gasteiger partial charge in [-0.2, -0.15) is 5.10 Å². The van der Waals surface area contributed by atoms with Crippen LogP contribution < -0.4 is 5.73 Å². The first-order chi connectivity index (χ1) is 14.9. The van der Waals surface area contributed by atoms with Gasteiger partial charge in [0, 0.05) is 44.5 Å². The van der Waals surface area contributed by atoms with Gasteiger partial charge in [0.1, 0.15) is 29.0 Å². The van der Waals surface area contributed by atoms with Crippen molar-refractivity contribution in [3.05, 3.63) is 76.6 Å². The molecule has 0 aliphatic carbocycles. The molecule has 2 N–H and O–H groups in total. The Bertz CT molecular complexity index is 1210. The number of halogens is 1. The van der Waals surface area contributed by atoms with Crippen LogP contribution in [0.5, 0.6) is 0 Å². The monoisotopic (exact) mass is 437 g/mol. The number of aromatic nitrogens is 6. The third-order valence-electron chi connectivity index (χ3n) is 4.77. The van der Waals surface area contributed by atoms with Crippen molar-refractivity contribution in [2.75, 3.05) is 5.73 Å². The number of carbonyl (C=O) groups excluding carboxylic acids is 1. The number of hydrogen-bond donors (Lipinski definition) is 1. The average molecular weight is 438 g/mol. The zero-order valence-corrected chi connectivity index (χ0v) is 17.7. The fourth-order valence-electron chi connectivity index (χ4n) is 3.29. The predicted molar refractivity (Wildman–Crippen MR) is 115 cm³/mol. The molecule has 4 aromatic rings. The maximum Gasteiger partial charge on any atom is 0.357 e. The molecule has 0 bridgehead atoms. The fraction of sp³-hybridized carbons (Fsp3) is 0.190. The van der Waals surface area contributed by atoms with Crippen LogP contribution in [0.4, 0.5) is 5.95 Å². The summed E-state index contributed by atoms with van der Waals surface area (Å²) in [5.74, 6) is 0.150. The highest BCUT2D eigenvalue weighted by Gasteiger charge is 2.26. The van der Waals surface area contributed by atoms with Crippen LogP contribution in [0, 0.1) is 0 Å². The normalized spacial score (nSPS) is 10.9. The Morgan fingerprint density at radius 3 is 2.65 bits per heavy atom. The van der Waals surface area contributed by atoms with E-state index in [4.69, 9.17) is 22.1 Å². The lowest BCUT2D eigenvalue weighted by molar-refractivity contribution is 0.0445. The number of ether oxygens (including phenoxy) is 1. The van der Waals surface area contributed by atoms with Gasteiger partial charge in [-0.1, -0.05) is 41.9 Å². The van der Waals surface area contributed by atoms with Gasteiger partial charge in [0.25, 0.3) is 0 Å². The predicted octanol–water partition coefficient (Wildman–Crippen LogP) is 2.79. The van der Waals surface area contributed by atoms with Crippen molar-refractivity contribution in [3.63, 3.8) is 0 Å². The number of nitrogens with zero attached hydrogens (tertiary/aromatic N) is 6. The molecule has 0 fully saturated rings. The number of benzene rings is 1. The van der Waals surface area contributed by atoms with Gasteiger partial charge in [-0.3, -0.25) is 4.68 Å². The van der Waals surface area contributed by atoms with E-state index >= 15 is 0 Å². The highest BCUT2D eigenvalue weighted by atomic mass is 35.5. The molecule has 31 heavy (non-hydrogen) atoms. The van der Waals surface area contributed by atoms with Gasteiger partial charge in [-0.25, -0.2) is 19.7 Å². The van der Waals surface area contributed by atoms with Gasteiger partial charge in [0.15, 0.2) is 0 Å². The number of hydrogen-bond acceptors (Lipinski definition) is 7. The molecule has 1 aromatic carbocycles. The first-order valence-electron chi connectivity index (χ1n) is 9.46. The van der Waals surface area contributed by atoms with E-state index in [9.17, 15) is 4.79 Å². The van der Waals surface area contributed by atoms with Gasteiger partial charge in [-0.05, 0) is 5.56 Å². The van der Waals surface area contributed by atoms with E-state index in [0.717, 1.165) is 5.56 Å². The maximum atomic E-state index is 13.1. The first kappa shape index (κ1) is 20.5. The van der Waals surface area contributed by atoms with Crippen LogP contribution in [0.2, 0.25) is 5.15 Å². The molecule has 4 rings (SSSR count). The van der Waals surface area contributed by atoms with E-state index in [-0.39, 0.29) is 17.7 Å².